The molecule has 0 bridgehead atoms. The number of hydrogen-bond donors (Lipinski definition) is 1. The summed E-state index contributed by atoms with van der Waals surface area (Å²) in [7, 11) is 0. The Bertz CT molecular complexity index is 853. The number of nitrogens with zero attached hydrogens (tertiary/aromatic N) is 3. The monoisotopic (exact) mass is 318 g/mol. The maximum atomic E-state index is 12.4. The van der Waals surface area contributed by atoms with Crippen LogP contribution in [0.3, 0.4) is 0 Å². The molecule has 3 rings (SSSR count). The van der Waals surface area contributed by atoms with Crippen LogP contribution >= 0.6 is 0 Å². The third-order valence-electron chi connectivity index (χ3n) is 3.55. The molecule has 0 aromatic heterocycles. The molecule has 2 amide bonds. The van der Waals surface area contributed by atoms with E-state index in [4.69, 9.17) is 5.26 Å². The summed E-state index contributed by atoms with van der Waals surface area (Å²) in [5.41, 5.74) is 1.88. The Morgan fingerprint density at radius 1 is 1.12 bits per heavy atom. The highest BCUT2D eigenvalue weighted by Gasteiger charge is 2.25. The van der Waals surface area contributed by atoms with Crippen molar-refractivity contribution in [3.8, 4) is 6.07 Å². The molecule has 1 aliphatic heterocycles. The van der Waals surface area contributed by atoms with E-state index in [9.17, 15) is 9.59 Å². The van der Waals surface area contributed by atoms with Crippen molar-refractivity contribution >= 4 is 28.9 Å². The van der Waals surface area contributed by atoms with Crippen molar-refractivity contribution in [2.75, 3.05) is 10.3 Å². The van der Waals surface area contributed by atoms with E-state index < -0.39 is 0 Å². The van der Waals surface area contributed by atoms with Crippen molar-refractivity contribution in [1.82, 2.24) is 0 Å². The van der Waals surface area contributed by atoms with Crippen LogP contribution in [0, 0.1) is 11.3 Å². The Morgan fingerprint density at radius 3 is 2.67 bits per heavy atom. The predicted molar refractivity (Wildman–Crippen MR) is 90.4 cm³/mol. The molecule has 118 valence electrons. The van der Waals surface area contributed by atoms with Gasteiger partial charge in [0.1, 0.15) is 5.71 Å². The number of carbonyl (C=O) groups excluding carboxylic acids is 2. The summed E-state index contributed by atoms with van der Waals surface area (Å²) in [4.78, 5) is 24.4. The van der Waals surface area contributed by atoms with Gasteiger partial charge >= 0.3 is 0 Å². The first-order valence-corrected chi connectivity index (χ1v) is 7.44. The number of hydrazone groups is 1. The molecule has 1 N–H and O–H groups in total. The summed E-state index contributed by atoms with van der Waals surface area (Å²) < 4.78 is 0. The van der Waals surface area contributed by atoms with E-state index in [1.165, 1.54) is 5.01 Å². The van der Waals surface area contributed by atoms with Gasteiger partial charge in [-0.1, -0.05) is 24.3 Å². The van der Waals surface area contributed by atoms with Gasteiger partial charge in [0.25, 0.3) is 5.91 Å². The first-order chi connectivity index (χ1) is 11.7. The van der Waals surface area contributed by atoms with Crippen LogP contribution in [-0.4, -0.2) is 17.5 Å². The lowest BCUT2D eigenvalue weighted by Crippen LogP contribution is -2.36. The van der Waals surface area contributed by atoms with E-state index in [0.717, 1.165) is 0 Å². The maximum Gasteiger partial charge on any atom is 0.271 e. The number of amides is 2. The molecule has 0 unspecified atom stereocenters. The quantitative estimate of drug-likeness (QED) is 0.944. The van der Waals surface area contributed by atoms with Gasteiger partial charge in [0.2, 0.25) is 5.91 Å². The minimum Gasteiger partial charge on any atom is -0.321 e. The minimum atomic E-state index is -0.376. The lowest BCUT2D eigenvalue weighted by molar-refractivity contribution is -0.118. The van der Waals surface area contributed by atoms with Crippen LogP contribution in [-0.2, 0) is 9.59 Å². The molecule has 0 radical (unpaired) electrons. The zero-order chi connectivity index (χ0) is 16.9. The van der Waals surface area contributed by atoms with Crippen LogP contribution in [0.5, 0.6) is 0 Å². The van der Waals surface area contributed by atoms with Crippen molar-refractivity contribution in [2.45, 2.75) is 12.8 Å². The molecule has 6 nitrogen and oxygen atoms in total. The predicted octanol–water partition coefficient (Wildman–Crippen LogP) is 2.68. The van der Waals surface area contributed by atoms with Crippen LogP contribution in [0.25, 0.3) is 0 Å². The molecule has 0 aliphatic carbocycles. The van der Waals surface area contributed by atoms with Gasteiger partial charge in [-0.3, -0.25) is 9.59 Å². The number of anilines is 2. The van der Waals surface area contributed by atoms with Crippen LogP contribution in [0.4, 0.5) is 11.4 Å². The van der Waals surface area contributed by atoms with E-state index in [-0.39, 0.29) is 30.4 Å². The van der Waals surface area contributed by atoms with Crippen molar-refractivity contribution < 1.29 is 9.59 Å². The summed E-state index contributed by atoms with van der Waals surface area (Å²) in [5, 5.41) is 17.1. The Kier molecular flexibility index (Phi) is 4.34. The van der Waals surface area contributed by atoms with Gasteiger partial charge in [0, 0.05) is 18.5 Å². The van der Waals surface area contributed by atoms with E-state index in [1.807, 2.05) is 12.1 Å². The Hall–Kier alpha value is -3.46. The van der Waals surface area contributed by atoms with E-state index in [0.29, 0.717) is 16.9 Å². The largest absolute Gasteiger partial charge is 0.321 e. The Morgan fingerprint density at radius 2 is 1.92 bits per heavy atom. The molecule has 2 aromatic rings. The summed E-state index contributed by atoms with van der Waals surface area (Å²) in [6, 6.07) is 17.6. The zero-order valence-electron chi connectivity index (χ0n) is 12.8. The van der Waals surface area contributed by atoms with Gasteiger partial charge in [-0.2, -0.15) is 10.4 Å². The lowest BCUT2D eigenvalue weighted by Gasteiger charge is -2.23. The normalized spacial score (nSPS) is 13.9. The molecule has 0 spiro atoms. The van der Waals surface area contributed by atoms with Crippen LogP contribution in [0.2, 0.25) is 0 Å². The summed E-state index contributed by atoms with van der Waals surface area (Å²) >= 11 is 0. The topological polar surface area (TPSA) is 85.6 Å². The number of nitriles is 1. The molecule has 0 atom stereocenters. The average Bonchev–Trinajstić information content (AvgIpc) is 2.63. The average molecular weight is 318 g/mol. The second-order valence-electron chi connectivity index (χ2n) is 5.23. The fraction of sp³-hybridized carbons (Fsp3) is 0.111. The highest BCUT2D eigenvalue weighted by molar-refractivity contribution is 6.44. The Labute approximate surface area is 139 Å². The van der Waals surface area contributed by atoms with Crippen molar-refractivity contribution in [2.24, 2.45) is 5.10 Å². The molecule has 1 heterocycles. The number of para-hydroxylation sites is 1. The van der Waals surface area contributed by atoms with E-state index >= 15 is 0 Å². The smallest absolute Gasteiger partial charge is 0.271 e. The third kappa shape index (κ3) is 3.31. The van der Waals surface area contributed by atoms with Gasteiger partial charge in [0.15, 0.2) is 0 Å². The van der Waals surface area contributed by atoms with E-state index in [2.05, 4.69) is 10.4 Å². The first kappa shape index (κ1) is 15.4. The minimum absolute atomic E-state index is 0.149. The van der Waals surface area contributed by atoms with Gasteiger partial charge in [-0.25, -0.2) is 5.01 Å². The van der Waals surface area contributed by atoms with E-state index in [1.54, 1.807) is 48.5 Å². The molecule has 1 aliphatic rings. The Balaban J connectivity index is 1.81. The number of benzene rings is 2. The van der Waals surface area contributed by atoms with Gasteiger partial charge in [0.05, 0.1) is 17.3 Å². The lowest BCUT2D eigenvalue weighted by atomic mass is 10.1. The molecule has 24 heavy (non-hydrogen) atoms. The van der Waals surface area contributed by atoms with Gasteiger partial charge < -0.3 is 5.32 Å². The number of nitrogens with one attached hydrogen (secondary N) is 1. The number of carbonyl (C=O) groups is 2. The molecular weight excluding hydrogens is 304 g/mol. The second-order valence-corrected chi connectivity index (χ2v) is 5.23. The highest BCUT2D eigenvalue weighted by atomic mass is 16.2. The summed E-state index contributed by atoms with van der Waals surface area (Å²) in [6.45, 7) is 0. The molecule has 0 saturated heterocycles. The third-order valence-corrected chi connectivity index (χ3v) is 3.55. The maximum absolute atomic E-state index is 12.4. The molecule has 0 saturated carbocycles. The van der Waals surface area contributed by atoms with Crippen LogP contribution in [0.1, 0.15) is 18.4 Å². The van der Waals surface area contributed by atoms with Crippen LogP contribution < -0.4 is 10.3 Å². The zero-order valence-corrected chi connectivity index (χ0v) is 12.8. The number of hydrogen-bond acceptors (Lipinski definition) is 4. The van der Waals surface area contributed by atoms with Crippen molar-refractivity contribution in [3.05, 3.63) is 60.2 Å². The SMILES string of the molecule is N#Cc1cccc(NC(=O)C2=NN(c3ccccc3)C(=O)CC2)c1. The number of rotatable bonds is 3. The first-order valence-electron chi connectivity index (χ1n) is 7.44. The van der Waals surface area contributed by atoms with Crippen LogP contribution in [0.15, 0.2) is 59.7 Å². The van der Waals surface area contributed by atoms with Crippen molar-refractivity contribution in [1.29, 1.82) is 5.26 Å². The van der Waals surface area contributed by atoms with Crippen molar-refractivity contribution in [3.63, 3.8) is 0 Å². The fourth-order valence-corrected chi connectivity index (χ4v) is 2.36. The fourth-order valence-electron chi connectivity index (χ4n) is 2.36. The molecule has 0 fully saturated rings. The van der Waals surface area contributed by atoms with Gasteiger partial charge in [-0.15, -0.1) is 0 Å². The summed E-state index contributed by atoms with van der Waals surface area (Å²) in [5.74, 6) is -0.525. The van der Waals surface area contributed by atoms with Gasteiger partial charge in [-0.05, 0) is 30.3 Å². The highest BCUT2D eigenvalue weighted by Crippen LogP contribution is 2.20. The molecular formula is C18H14N4O2. The molecule has 6 heteroatoms. The summed E-state index contributed by atoms with van der Waals surface area (Å²) in [6.07, 6.45) is 0.505. The molecule has 2 aromatic carbocycles. The second kappa shape index (κ2) is 6.75. The standard InChI is InChI=1S/C18H14N4O2/c19-12-13-5-4-6-14(11-13)20-18(24)16-9-10-17(23)22(21-16)15-7-2-1-3-8-15/h1-8,11H,9-10H2,(H,20,24).